The Kier molecular flexibility index (Phi) is 3.03. The highest BCUT2D eigenvalue weighted by atomic mass is 19.1. The van der Waals surface area contributed by atoms with E-state index in [4.69, 9.17) is 4.74 Å². The maximum absolute atomic E-state index is 13.4. The molecule has 0 spiro atoms. The van der Waals surface area contributed by atoms with Crippen LogP contribution in [0.15, 0.2) is 18.2 Å². The van der Waals surface area contributed by atoms with Crippen LogP contribution in [-0.4, -0.2) is 25.6 Å². The van der Waals surface area contributed by atoms with Crippen LogP contribution < -0.4 is 4.74 Å². The van der Waals surface area contributed by atoms with Gasteiger partial charge in [0.1, 0.15) is 17.1 Å². The lowest BCUT2D eigenvalue weighted by Crippen LogP contribution is -2.39. The van der Waals surface area contributed by atoms with Gasteiger partial charge in [0.15, 0.2) is 0 Å². The number of halogens is 1. The van der Waals surface area contributed by atoms with E-state index in [1.54, 1.807) is 6.07 Å². The molecule has 0 radical (unpaired) electrons. The number of ether oxygens (including phenoxy) is 1. The number of rotatable bonds is 1. The maximum Gasteiger partial charge on any atom is 0.138 e. The summed E-state index contributed by atoms with van der Waals surface area (Å²) in [5.74, 6) is 0.273. The summed E-state index contributed by atoms with van der Waals surface area (Å²) in [4.78, 5) is 1.83. The molecule has 4 heteroatoms. The van der Waals surface area contributed by atoms with E-state index in [9.17, 15) is 9.65 Å². The zero-order valence-corrected chi connectivity index (χ0v) is 10.0. The van der Waals surface area contributed by atoms with Crippen molar-refractivity contribution in [3.05, 3.63) is 29.6 Å². The van der Waals surface area contributed by atoms with Crippen molar-refractivity contribution in [2.75, 3.05) is 20.7 Å². The molecule has 0 bridgehead atoms. The van der Waals surface area contributed by atoms with E-state index in [2.05, 4.69) is 6.07 Å². The largest absolute Gasteiger partial charge is 0.493 e. The monoisotopic (exact) mass is 234 g/mol. The van der Waals surface area contributed by atoms with E-state index in [-0.39, 0.29) is 5.82 Å². The number of fused-ring (bicyclic) bond motifs is 1. The average Bonchev–Trinajstić information content (AvgIpc) is 2.48. The smallest absolute Gasteiger partial charge is 0.138 e. The van der Waals surface area contributed by atoms with Crippen molar-refractivity contribution in [1.82, 2.24) is 4.90 Å². The average molecular weight is 234 g/mol. The first-order valence-electron chi connectivity index (χ1n) is 5.62. The van der Waals surface area contributed by atoms with Crippen LogP contribution in [0, 0.1) is 17.1 Å². The van der Waals surface area contributed by atoms with Gasteiger partial charge in [-0.05, 0) is 45.1 Å². The van der Waals surface area contributed by atoms with Gasteiger partial charge in [-0.3, -0.25) is 4.90 Å². The maximum atomic E-state index is 13.4. The summed E-state index contributed by atoms with van der Waals surface area (Å²) in [6, 6.07) is 6.69. The van der Waals surface area contributed by atoms with Gasteiger partial charge in [-0.25, -0.2) is 4.39 Å². The molecule has 1 aliphatic heterocycles. The van der Waals surface area contributed by atoms with Gasteiger partial charge in [-0.2, -0.15) is 5.26 Å². The van der Waals surface area contributed by atoms with E-state index >= 15 is 0 Å². The second kappa shape index (κ2) is 4.34. The lowest BCUT2D eigenvalue weighted by molar-refractivity contribution is 0.202. The molecule has 90 valence electrons. The molecule has 1 atom stereocenters. The van der Waals surface area contributed by atoms with Crippen molar-refractivity contribution >= 4 is 0 Å². The number of hydrogen-bond acceptors (Lipinski definition) is 3. The third-order valence-corrected chi connectivity index (χ3v) is 3.28. The fourth-order valence-corrected chi connectivity index (χ4v) is 2.28. The van der Waals surface area contributed by atoms with Gasteiger partial charge in [0.25, 0.3) is 0 Å². The van der Waals surface area contributed by atoms with Crippen LogP contribution in [0.2, 0.25) is 0 Å². The molecule has 17 heavy (non-hydrogen) atoms. The predicted octanol–water partition coefficient (Wildman–Crippen LogP) is 2.28. The first kappa shape index (κ1) is 11.9. The van der Waals surface area contributed by atoms with Crippen LogP contribution >= 0.6 is 0 Å². The molecule has 0 N–H and O–H groups in total. The van der Waals surface area contributed by atoms with Gasteiger partial charge in [-0.15, -0.1) is 0 Å². The van der Waals surface area contributed by atoms with Crippen molar-refractivity contribution in [1.29, 1.82) is 5.26 Å². The van der Waals surface area contributed by atoms with Crippen LogP contribution in [0.5, 0.6) is 5.75 Å². The molecule has 1 aromatic carbocycles. The zero-order chi connectivity index (χ0) is 12.5. The Morgan fingerprint density at radius 1 is 1.47 bits per heavy atom. The third kappa shape index (κ3) is 1.87. The fraction of sp³-hybridized carbons (Fsp3) is 0.462. The summed E-state index contributed by atoms with van der Waals surface area (Å²) < 4.78 is 19.0. The highest BCUT2D eigenvalue weighted by molar-refractivity contribution is 5.44. The normalized spacial score (nSPS) is 23.5. The lowest BCUT2D eigenvalue weighted by Gasteiger charge is -2.33. The molecular weight excluding hydrogens is 219 g/mol. The van der Waals surface area contributed by atoms with Gasteiger partial charge in [0.05, 0.1) is 12.7 Å². The molecule has 1 aliphatic rings. The minimum atomic E-state index is -0.798. The lowest BCUT2D eigenvalue weighted by atomic mass is 9.85. The van der Waals surface area contributed by atoms with Crippen LogP contribution in [-0.2, 0) is 5.54 Å². The first-order valence-corrected chi connectivity index (χ1v) is 5.62. The van der Waals surface area contributed by atoms with Gasteiger partial charge in [-0.1, -0.05) is 0 Å². The molecule has 0 fully saturated rings. The second-order valence-corrected chi connectivity index (χ2v) is 4.46. The molecule has 0 amide bonds. The van der Waals surface area contributed by atoms with E-state index in [1.165, 1.54) is 12.1 Å². The summed E-state index contributed by atoms with van der Waals surface area (Å²) in [5.41, 5.74) is -0.170. The predicted molar refractivity (Wildman–Crippen MR) is 62.1 cm³/mol. The summed E-state index contributed by atoms with van der Waals surface area (Å²) in [6.45, 7) is 0.565. The molecule has 1 heterocycles. The van der Waals surface area contributed by atoms with Gasteiger partial charge < -0.3 is 4.74 Å². The number of hydrogen-bond donors (Lipinski definition) is 0. The minimum absolute atomic E-state index is 0.337. The number of nitriles is 1. The Bertz CT molecular complexity index is 467. The summed E-state index contributed by atoms with van der Waals surface area (Å²) in [6.07, 6.45) is 1.43. The Morgan fingerprint density at radius 2 is 2.24 bits per heavy atom. The number of nitrogens with zero attached hydrogens (tertiary/aromatic N) is 2. The van der Waals surface area contributed by atoms with E-state index < -0.39 is 5.54 Å². The Morgan fingerprint density at radius 3 is 2.88 bits per heavy atom. The van der Waals surface area contributed by atoms with Crippen molar-refractivity contribution in [2.24, 2.45) is 0 Å². The van der Waals surface area contributed by atoms with E-state index in [0.29, 0.717) is 24.3 Å². The SMILES string of the molecule is CN(C)C1(C#N)CCCOc2ccc(F)cc21. The van der Waals surface area contributed by atoms with Crippen molar-refractivity contribution in [3.63, 3.8) is 0 Å². The minimum Gasteiger partial charge on any atom is -0.493 e. The first-order chi connectivity index (χ1) is 8.10. The van der Waals surface area contributed by atoms with Gasteiger partial charge >= 0.3 is 0 Å². The number of benzene rings is 1. The molecule has 3 nitrogen and oxygen atoms in total. The second-order valence-electron chi connectivity index (χ2n) is 4.46. The molecule has 0 saturated heterocycles. The summed E-state index contributed by atoms with van der Waals surface area (Å²) in [7, 11) is 3.67. The Hall–Kier alpha value is -1.60. The summed E-state index contributed by atoms with van der Waals surface area (Å²) >= 11 is 0. The van der Waals surface area contributed by atoms with E-state index in [1.807, 2.05) is 19.0 Å². The molecule has 0 aliphatic carbocycles. The highest BCUT2D eigenvalue weighted by Crippen LogP contribution is 2.39. The van der Waals surface area contributed by atoms with Crippen LogP contribution in [0.3, 0.4) is 0 Å². The molecule has 1 unspecified atom stereocenters. The standard InChI is InChI=1S/C13H15FN2O/c1-16(2)13(9-15)6-3-7-17-12-5-4-10(14)8-11(12)13/h4-5,8H,3,6-7H2,1-2H3. The Balaban J connectivity index is 2.64. The van der Waals surface area contributed by atoms with Crippen molar-refractivity contribution in [2.45, 2.75) is 18.4 Å². The van der Waals surface area contributed by atoms with Crippen molar-refractivity contribution < 1.29 is 9.13 Å². The van der Waals surface area contributed by atoms with Gasteiger partial charge in [0.2, 0.25) is 0 Å². The molecule has 1 aromatic rings. The molecular formula is C13H15FN2O. The summed E-state index contributed by atoms with van der Waals surface area (Å²) in [5, 5.41) is 9.50. The molecule has 0 aromatic heterocycles. The quantitative estimate of drug-likeness (QED) is 0.748. The van der Waals surface area contributed by atoms with E-state index in [0.717, 1.165) is 6.42 Å². The van der Waals surface area contributed by atoms with Crippen LogP contribution in [0.4, 0.5) is 4.39 Å². The van der Waals surface area contributed by atoms with Crippen LogP contribution in [0.1, 0.15) is 18.4 Å². The molecule has 2 rings (SSSR count). The topological polar surface area (TPSA) is 36.3 Å². The molecule has 0 saturated carbocycles. The van der Waals surface area contributed by atoms with Crippen LogP contribution in [0.25, 0.3) is 0 Å². The third-order valence-electron chi connectivity index (χ3n) is 3.28. The highest BCUT2D eigenvalue weighted by Gasteiger charge is 2.39. The fourth-order valence-electron chi connectivity index (χ4n) is 2.28. The van der Waals surface area contributed by atoms with Crippen molar-refractivity contribution in [3.8, 4) is 11.8 Å². The Labute approximate surface area is 100 Å². The zero-order valence-electron chi connectivity index (χ0n) is 10.0. The van der Waals surface area contributed by atoms with Gasteiger partial charge in [0, 0.05) is 5.56 Å².